The Kier molecular flexibility index (Phi) is 4.68. The lowest BCUT2D eigenvalue weighted by Crippen LogP contribution is -2.44. The van der Waals surface area contributed by atoms with Crippen LogP contribution < -0.4 is 15.5 Å². The van der Waals surface area contributed by atoms with Gasteiger partial charge in [0.15, 0.2) is 11.6 Å². The van der Waals surface area contributed by atoms with Crippen molar-refractivity contribution in [3.05, 3.63) is 42.5 Å². The molecule has 1 fully saturated rings. The molecule has 23 heavy (non-hydrogen) atoms. The number of piperazine rings is 1. The summed E-state index contributed by atoms with van der Waals surface area (Å²) in [7, 11) is 2.11. The number of benzene rings is 1. The van der Waals surface area contributed by atoms with Gasteiger partial charge in [-0.1, -0.05) is 18.2 Å². The van der Waals surface area contributed by atoms with E-state index in [0.717, 1.165) is 37.7 Å². The van der Waals surface area contributed by atoms with E-state index in [4.69, 9.17) is 0 Å². The van der Waals surface area contributed by atoms with Crippen molar-refractivity contribution in [1.82, 2.24) is 15.1 Å². The fourth-order valence-electron chi connectivity index (χ4n) is 2.40. The number of hydrogen-bond donors (Lipinski definition) is 2. The van der Waals surface area contributed by atoms with Crippen LogP contribution in [0.1, 0.15) is 0 Å². The van der Waals surface area contributed by atoms with Gasteiger partial charge in [-0.05, 0) is 31.3 Å². The van der Waals surface area contributed by atoms with Gasteiger partial charge >= 0.3 is 6.03 Å². The van der Waals surface area contributed by atoms with E-state index in [2.05, 4.69) is 37.7 Å². The molecule has 7 heteroatoms. The molecule has 0 bridgehead atoms. The molecular weight excluding hydrogens is 292 g/mol. The van der Waals surface area contributed by atoms with Crippen LogP contribution >= 0.6 is 0 Å². The van der Waals surface area contributed by atoms with Crippen molar-refractivity contribution in [1.29, 1.82) is 0 Å². The Labute approximate surface area is 135 Å². The summed E-state index contributed by atoms with van der Waals surface area (Å²) in [4.78, 5) is 16.4. The number of nitrogens with one attached hydrogen (secondary N) is 2. The number of nitrogens with zero attached hydrogens (tertiary/aromatic N) is 4. The van der Waals surface area contributed by atoms with Gasteiger partial charge in [0.05, 0.1) is 0 Å². The smallest absolute Gasteiger partial charge is 0.324 e. The minimum Gasteiger partial charge on any atom is -0.353 e. The van der Waals surface area contributed by atoms with Crippen LogP contribution in [0.3, 0.4) is 0 Å². The summed E-state index contributed by atoms with van der Waals surface area (Å²) in [5.41, 5.74) is 0.729. The maximum atomic E-state index is 11.9. The fraction of sp³-hybridized carbons (Fsp3) is 0.312. The molecule has 0 spiro atoms. The van der Waals surface area contributed by atoms with Crippen molar-refractivity contribution in [3.63, 3.8) is 0 Å². The van der Waals surface area contributed by atoms with Gasteiger partial charge in [-0.2, -0.15) is 0 Å². The summed E-state index contributed by atoms with van der Waals surface area (Å²) < 4.78 is 0. The zero-order valence-corrected chi connectivity index (χ0v) is 13.1. The number of carbonyl (C=O) groups excluding carboxylic acids is 1. The van der Waals surface area contributed by atoms with Gasteiger partial charge in [-0.25, -0.2) is 4.79 Å². The first-order chi connectivity index (χ1) is 11.2. The summed E-state index contributed by atoms with van der Waals surface area (Å²) in [6, 6.07) is 12.6. The molecule has 0 radical (unpaired) electrons. The average Bonchev–Trinajstić information content (AvgIpc) is 2.57. The number of urea groups is 1. The highest BCUT2D eigenvalue weighted by atomic mass is 16.2. The molecule has 1 aliphatic rings. The lowest BCUT2D eigenvalue weighted by Gasteiger charge is -2.32. The molecule has 1 saturated heterocycles. The lowest BCUT2D eigenvalue weighted by molar-refractivity contribution is 0.262. The van der Waals surface area contributed by atoms with Crippen LogP contribution in [0.5, 0.6) is 0 Å². The third kappa shape index (κ3) is 4.17. The first kappa shape index (κ1) is 15.2. The predicted octanol–water partition coefficient (Wildman–Crippen LogP) is 1.87. The van der Waals surface area contributed by atoms with E-state index >= 15 is 0 Å². The van der Waals surface area contributed by atoms with Crippen molar-refractivity contribution < 1.29 is 4.79 Å². The topological polar surface area (TPSA) is 73.4 Å². The molecule has 3 rings (SSSR count). The number of amides is 2. The monoisotopic (exact) mass is 312 g/mol. The van der Waals surface area contributed by atoms with Gasteiger partial charge in [-0.15, -0.1) is 10.2 Å². The van der Waals surface area contributed by atoms with Crippen molar-refractivity contribution >= 4 is 23.4 Å². The Morgan fingerprint density at radius 3 is 2.35 bits per heavy atom. The molecule has 0 saturated carbocycles. The number of para-hydroxylation sites is 1. The van der Waals surface area contributed by atoms with Gasteiger partial charge in [0, 0.05) is 31.9 Å². The molecule has 0 aliphatic carbocycles. The van der Waals surface area contributed by atoms with E-state index in [9.17, 15) is 4.79 Å². The zero-order valence-electron chi connectivity index (χ0n) is 13.1. The van der Waals surface area contributed by atoms with E-state index < -0.39 is 0 Å². The summed E-state index contributed by atoms with van der Waals surface area (Å²) in [6.07, 6.45) is 0. The molecule has 2 aromatic rings. The maximum Gasteiger partial charge on any atom is 0.324 e. The molecule has 1 aromatic heterocycles. The van der Waals surface area contributed by atoms with Gasteiger partial charge < -0.3 is 15.1 Å². The van der Waals surface area contributed by atoms with Crippen molar-refractivity contribution in [2.45, 2.75) is 0 Å². The maximum absolute atomic E-state index is 11.9. The molecule has 2 N–H and O–H groups in total. The summed E-state index contributed by atoms with van der Waals surface area (Å²) in [5, 5.41) is 13.7. The van der Waals surface area contributed by atoms with Crippen LogP contribution in [0.4, 0.5) is 22.1 Å². The third-order valence-electron chi connectivity index (χ3n) is 3.75. The summed E-state index contributed by atoms with van der Waals surface area (Å²) in [6.45, 7) is 3.90. The second-order valence-corrected chi connectivity index (χ2v) is 5.51. The predicted molar refractivity (Wildman–Crippen MR) is 90.8 cm³/mol. The SMILES string of the molecule is CN1CCN(c2ccc(NC(=O)Nc3ccccc3)nn2)CC1. The largest absolute Gasteiger partial charge is 0.353 e. The minimum absolute atomic E-state index is 0.335. The van der Waals surface area contributed by atoms with Crippen LogP contribution in [0, 0.1) is 0 Å². The number of likely N-dealkylation sites (N-methyl/N-ethyl adjacent to an activating group) is 1. The van der Waals surface area contributed by atoms with Gasteiger partial charge in [0.2, 0.25) is 0 Å². The highest BCUT2D eigenvalue weighted by Gasteiger charge is 2.15. The van der Waals surface area contributed by atoms with E-state index in [1.807, 2.05) is 36.4 Å². The Balaban J connectivity index is 1.56. The first-order valence-electron chi connectivity index (χ1n) is 7.61. The molecule has 1 aromatic carbocycles. The molecule has 0 unspecified atom stereocenters. The standard InChI is InChI=1S/C16H20N6O/c1-21-9-11-22(12-10-21)15-8-7-14(19-20-15)18-16(23)17-13-5-3-2-4-6-13/h2-8H,9-12H2,1H3,(H2,17,18,19,23). The van der Waals surface area contributed by atoms with Gasteiger partial charge in [0.1, 0.15) is 0 Å². The van der Waals surface area contributed by atoms with Crippen molar-refractivity contribution in [3.8, 4) is 0 Å². The van der Waals surface area contributed by atoms with Crippen LogP contribution in [0.2, 0.25) is 0 Å². The van der Waals surface area contributed by atoms with Gasteiger partial charge in [-0.3, -0.25) is 5.32 Å². The Bertz CT molecular complexity index is 637. The average molecular weight is 312 g/mol. The first-order valence-corrected chi connectivity index (χ1v) is 7.61. The number of hydrogen-bond acceptors (Lipinski definition) is 5. The second-order valence-electron chi connectivity index (χ2n) is 5.51. The zero-order chi connectivity index (χ0) is 16.1. The van der Waals surface area contributed by atoms with Crippen LogP contribution in [0.15, 0.2) is 42.5 Å². The van der Waals surface area contributed by atoms with Crippen molar-refractivity contribution in [2.75, 3.05) is 48.8 Å². The molecule has 120 valence electrons. The van der Waals surface area contributed by atoms with E-state index in [-0.39, 0.29) is 6.03 Å². The number of rotatable bonds is 3. The molecule has 2 heterocycles. The Morgan fingerprint density at radius 1 is 0.957 bits per heavy atom. The number of aromatic nitrogens is 2. The van der Waals surface area contributed by atoms with Crippen molar-refractivity contribution in [2.24, 2.45) is 0 Å². The number of anilines is 3. The highest BCUT2D eigenvalue weighted by molar-refractivity contribution is 5.99. The molecule has 0 atom stereocenters. The van der Waals surface area contributed by atoms with Crippen LogP contribution in [-0.4, -0.2) is 54.4 Å². The third-order valence-corrected chi connectivity index (χ3v) is 3.75. The molecular formula is C16H20N6O. The fourth-order valence-corrected chi connectivity index (χ4v) is 2.40. The molecule has 2 amide bonds. The quantitative estimate of drug-likeness (QED) is 0.905. The lowest BCUT2D eigenvalue weighted by atomic mass is 10.3. The normalized spacial score (nSPS) is 15.3. The van der Waals surface area contributed by atoms with Crippen LogP contribution in [0.25, 0.3) is 0 Å². The molecule has 7 nitrogen and oxygen atoms in total. The molecule has 1 aliphatic heterocycles. The summed E-state index contributed by atoms with van der Waals surface area (Å²) >= 11 is 0. The second kappa shape index (κ2) is 7.06. The number of carbonyl (C=O) groups is 1. The van der Waals surface area contributed by atoms with E-state index in [0.29, 0.717) is 5.82 Å². The van der Waals surface area contributed by atoms with E-state index in [1.54, 1.807) is 6.07 Å². The van der Waals surface area contributed by atoms with E-state index in [1.165, 1.54) is 0 Å². The highest BCUT2D eigenvalue weighted by Crippen LogP contribution is 2.14. The minimum atomic E-state index is -0.335. The van der Waals surface area contributed by atoms with Crippen LogP contribution in [-0.2, 0) is 0 Å². The van der Waals surface area contributed by atoms with Gasteiger partial charge in [0.25, 0.3) is 0 Å². The Morgan fingerprint density at radius 2 is 1.70 bits per heavy atom. The summed E-state index contributed by atoms with van der Waals surface area (Å²) in [5.74, 6) is 1.27. The Hall–Kier alpha value is -2.67.